The van der Waals surface area contributed by atoms with Gasteiger partial charge in [0.1, 0.15) is 13.2 Å². The third-order valence-electron chi connectivity index (χ3n) is 2.26. The van der Waals surface area contributed by atoms with Crippen molar-refractivity contribution in [3.8, 4) is 0 Å². The summed E-state index contributed by atoms with van der Waals surface area (Å²) in [5, 5.41) is 0. The van der Waals surface area contributed by atoms with Gasteiger partial charge in [-0.2, -0.15) is 0 Å². The molecule has 0 saturated carbocycles. The van der Waals surface area contributed by atoms with E-state index in [0.29, 0.717) is 0 Å². The maximum Gasteiger partial charge on any atom is 0.416 e. The summed E-state index contributed by atoms with van der Waals surface area (Å²) < 4.78 is 23.2. The van der Waals surface area contributed by atoms with Gasteiger partial charge in [0.05, 0.1) is 13.1 Å². The first-order chi connectivity index (χ1) is 8.09. The van der Waals surface area contributed by atoms with Crippen molar-refractivity contribution in [2.75, 3.05) is 26.3 Å². The van der Waals surface area contributed by atoms with E-state index in [4.69, 9.17) is 5.53 Å². The lowest BCUT2D eigenvalue weighted by Gasteiger charge is -2.27. The van der Waals surface area contributed by atoms with Crippen molar-refractivity contribution in [1.29, 1.82) is 0 Å². The predicted octanol–water partition coefficient (Wildman–Crippen LogP) is 1.31. The van der Waals surface area contributed by atoms with Crippen LogP contribution in [0, 0.1) is 0 Å². The standard InChI is InChI=1S/C6H8N5O5P/c7-8-9-17(14,10-1-3-15-5(10)12)11-2-4-16-6(11)13/h1-4H2. The molecule has 0 radical (unpaired) electrons. The van der Waals surface area contributed by atoms with Crippen molar-refractivity contribution in [2.45, 2.75) is 0 Å². The van der Waals surface area contributed by atoms with Gasteiger partial charge in [-0.1, -0.05) is 0 Å². The Bertz CT molecular complexity index is 430. The molecule has 0 atom stereocenters. The van der Waals surface area contributed by atoms with Crippen LogP contribution in [0.2, 0.25) is 0 Å². The van der Waals surface area contributed by atoms with Crippen molar-refractivity contribution in [2.24, 2.45) is 4.88 Å². The van der Waals surface area contributed by atoms with Crippen LogP contribution in [0.1, 0.15) is 0 Å². The van der Waals surface area contributed by atoms with Gasteiger partial charge in [-0.25, -0.2) is 18.9 Å². The van der Waals surface area contributed by atoms with E-state index < -0.39 is 19.8 Å². The average Bonchev–Trinajstić information content (AvgIpc) is 2.87. The number of hydrogen-bond donors (Lipinski definition) is 0. The second-order valence-corrected chi connectivity index (χ2v) is 5.34. The molecule has 2 aliphatic rings. The fraction of sp³-hybridized carbons (Fsp3) is 0.667. The first kappa shape index (κ1) is 11.6. The van der Waals surface area contributed by atoms with E-state index in [9.17, 15) is 14.2 Å². The van der Waals surface area contributed by atoms with Crippen LogP contribution in [0.25, 0.3) is 10.4 Å². The lowest BCUT2D eigenvalue weighted by molar-refractivity contribution is 0.165. The number of cyclic esters (lactones) is 2. The molecule has 2 heterocycles. The highest BCUT2D eigenvalue weighted by Gasteiger charge is 2.48. The number of hydrogen-bond acceptors (Lipinski definition) is 5. The fourth-order valence-electron chi connectivity index (χ4n) is 1.52. The van der Waals surface area contributed by atoms with Gasteiger partial charge < -0.3 is 9.47 Å². The molecule has 0 spiro atoms. The van der Waals surface area contributed by atoms with Gasteiger partial charge in [-0.15, -0.1) is 0 Å². The van der Waals surface area contributed by atoms with Crippen LogP contribution in [-0.4, -0.2) is 47.8 Å². The minimum atomic E-state index is -4.00. The van der Waals surface area contributed by atoms with E-state index in [1.807, 2.05) is 0 Å². The molecule has 11 heteroatoms. The zero-order chi connectivity index (χ0) is 12.5. The maximum absolute atomic E-state index is 12.5. The number of ether oxygens (including phenoxy) is 2. The van der Waals surface area contributed by atoms with Crippen molar-refractivity contribution in [3.05, 3.63) is 10.4 Å². The molecule has 0 N–H and O–H groups in total. The Balaban J connectivity index is 2.38. The zero-order valence-electron chi connectivity index (χ0n) is 8.55. The smallest absolute Gasteiger partial charge is 0.416 e. The van der Waals surface area contributed by atoms with Crippen LogP contribution >= 0.6 is 7.59 Å². The minimum absolute atomic E-state index is 0.00108. The van der Waals surface area contributed by atoms with Gasteiger partial charge in [-0.05, 0) is 5.53 Å². The Morgan fingerprint density at radius 3 is 1.94 bits per heavy atom. The van der Waals surface area contributed by atoms with Crippen LogP contribution in [0.4, 0.5) is 9.59 Å². The molecular weight excluding hydrogens is 253 g/mol. The molecule has 0 aromatic carbocycles. The van der Waals surface area contributed by atoms with Crippen LogP contribution < -0.4 is 0 Å². The van der Waals surface area contributed by atoms with Gasteiger partial charge in [0.25, 0.3) is 0 Å². The van der Waals surface area contributed by atoms with Gasteiger partial charge in [0.15, 0.2) is 0 Å². The predicted molar refractivity (Wildman–Crippen MR) is 52.9 cm³/mol. The molecule has 2 rings (SSSR count). The Morgan fingerprint density at radius 1 is 1.18 bits per heavy atom. The summed E-state index contributed by atoms with van der Waals surface area (Å²) >= 11 is 0. The van der Waals surface area contributed by atoms with E-state index >= 15 is 0 Å². The van der Waals surface area contributed by atoms with E-state index in [2.05, 4.69) is 19.3 Å². The second kappa shape index (κ2) is 4.15. The first-order valence-corrected chi connectivity index (χ1v) is 6.22. The molecule has 2 aliphatic heterocycles. The molecule has 2 amide bonds. The molecule has 0 aromatic rings. The molecule has 10 nitrogen and oxygen atoms in total. The number of carbonyl (C=O) groups excluding carboxylic acids is 2. The fourth-order valence-corrected chi connectivity index (χ4v) is 3.31. The molecule has 0 aromatic heterocycles. The molecule has 0 bridgehead atoms. The largest absolute Gasteiger partial charge is 0.447 e. The summed E-state index contributed by atoms with van der Waals surface area (Å²) in [6, 6.07) is 0. The summed E-state index contributed by atoms with van der Waals surface area (Å²) in [7, 11) is -4.00. The van der Waals surface area contributed by atoms with Crippen LogP contribution in [0.15, 0.2) is 4.88 Å². The van der Waals surface area contributed by atoms with Crippen LogP contribution in [0.3, 0.4) is 0 Å². The number of nitrogens with zero attached hydrogens (tertiary/aromatic N) is 5. The highest BCUT2D eigenvalue weighted by atomic mass is 31.2. The number of azide groups is 1. The quantitative estimate of drug-likeness (QED) is 0.327. The number of amides is 2. The molecule has 0 aliphatic carbocycles. The Hall–Kier alpha value is -1.92. The summed E-state index contributed by atoms with van der Waals surface area (Å²) in [5.74, 6) is 0. The molecule has 2 saturated heterocycles. The Labute approximate surface area is 95.2 Å². The normalized spacial score (nSPS) is 20.0. The summed E-state index contributed by atoms with van der Waals surface area (Å²) in [6.45, 7) is 0.0666. The van der Waals surface area contributed by atoms with Crippen molar-refractivity contribution in [3.63, 3.8) is 0 Å². The van der Waals surface area contributed by atoms with E-state index in [-0.39, 0.29) is 26.3 Å². The SMILES string of the molecule is [N-]=[N+]=NP(=O)(N1CCOC1=O)N1CCOC1=O. The van der Waals surface area contributed by atoms with E-state index in [1.54, 1.807) is 0 Å². The summed E-state index contributed by atoms with van der Waals surface area (Å²) in [6.07, 6.45) is -1.75. The highest BCUT2D eigenvalue weighted by molar-refractivity contribution is 7.59. The van der Waals surface area contributed by atoms with Gasteiger partial charge >= 0.3 is 19.8 Å². The van der Waals surface area contributed by atoms with Gasteiger partial charge in [-0.3, -0.25) is 4.57 Å². The molecule has 0 unspecified atom stereocenters. The van der Waals surface area contributed by atoms with E-state index in [1.165, 1.54) is 0 Å². The average molecular weight is 261 g/mol. The first-order valence-electron chi connectivity index (χ1n) is 4.66. The van der Waals surface area contributed by atoms with Crippen molar-refractivity contribution < 1.29 is 23.6 Å². The molecule has 2 fully saturated rings. The monoisotopic (exact) mass is 261 g/mol. The minimum Gasteiger partial charge on any atom is -0.447 e. The Kier molecular flexibility index (Phi) is 2.83. The van der Waals surface area contributed by atoms with Gasteiger partial charge in [0, 0.05) is 9.80 Å². The second-order valence-electron chi connectivity index (χ2n) is 3.17. The lowest BCUT2D eigenvalue weighted by atomic mass is 10.7. The van der Waals surface area contributed by atoms with Crippen LogP contribution in [0.5, 0.6) is 0 Å². The maximum atomic E-state index is 12.5. The third-order valence-corrected chi connectivity index (χ3v) is 4.56. The number of carbonyl (C=O) groups is 2. The highest BCUT2D eigenvalue weighted by Crippen LogP contribution is 2.57. The molecular formula is C6H8N5O5P. The summed E-state index contributed by atoms with van der Waals surface area (Å²) in [5.41, 5.74) is 8.42. The zero-order valence-corrected chi connectivity index (χ0v) is 9.45. The summed E-state index contributed by atoms with van der Waals surface area (Å²) in [4.78, 5) is 28.2. The van der Waals surface area contributed by atoms with Crippen molar-refractivity contribution in [1.82, 2.24) is 9.34 Å². The van der Waals surface area contributed by atoms with Crippen molar-refractivity contribution >= 4 is 19.8 Å². The molecule has 17 heavy (non-hydrogen) atoms. The van der Waals surface area contributed by atoms with E-state index in [0.717, 1.165) is 9.34 Å². The lowest BCUT2D eigenvalue weighted by Crippen LogP contribution is -2.32. The van der Waals surface area contributed by atoms with Crippen LogP contribution in [-0.2, 0) is 14.0 Å². The Morgan fingerprint density at radius 2 is 1.65 bits per heavy atom. The third kappa shape index (κ3) is 1.77. The van der Waals surface area contributed by atoms with Gasteiger partial charge in [0.2, 0.25) is 0 Å². The number of rotatable bonds is 3. The molecule has 92 valence electrons. The topological polar surface area (TPSA) is 125 Å².